The van der Waals surface area contributed by atoms with Crippen molar-refractivity contribution in [2.24, 2.45) is 5.92 Å². The van der Waals surface area contributed by atoms with Gasteiger partial charge in [-0.25, -0.2) is 4.98 Å². The van der Waals surface area contributed by atoms with Gasteiger partial charge in [-0.05, 0) is 43.0 Å². The molecule has 1 fully saturated rings. The number of nitrogens with zero attached hydrogens (tertiary/aromatic N) is 2. The lowest BCUT2D eigenvalue weighted by molar-refractivity contribution is 0.280. The minimum absolute atomic E-state index is 0.336. The van der Waals surface area contributed by atoms with Crippen LogP contribution in [0.25, 0.3) is 22.6 Å². The Balaban J connectivity index is 1.87. The van der Waals surface area contributed by atoms with Crippen molar-refractivity contribution in [2.45, 2.75) is 25.8 Å². The van der Waals surface area contributed by atoms with Gasteiger partial charge in [-0.15, -0.1) is 0 Å². The first-order valence-corrected chi connectivity index (χ1v) is 9.46. The van der Waals surface area contributed by atoms with Gasteiger partial charge in [0.1, 0.15) is 5.52 Å². The van der Waals surface area contributed by atoms with Gasteiger partial charge >= 0.3 is 7.60 Å². The van der Waals surface area contributed by atoms with Gasteiger partial charge in [0, 0.05) is 6.54 Å². The smallest absolute Gasteiger partial charge is 0.391 e. The monoisotopic (exact) mass is 347 g/mol. The number of imidazole rings is 1. The number of anilines is 1. The third kappa shape index (κ3) is 2.55. The Labute approximate surface area is 138 Å². The molecule has 24 heavy (non-hydrogen) atoms. The molecule has 1 aliphatic rings. The fourth-order valence-corrected chi connectivity index (χ4v) is 3.57. The highest BCUT2D eigenvalue weighted by molar-refractivity contribution is 7.59. The number of rotatable bonds is 4. The molecule has 126 valence electrons. The lowest BCUT2D eigenvalue weighted by atomic mass is 9.85. The Morgan fingerprint density at radius 3 is 2.71 bits per heavy atom. The number of hydrogen-bond donors (Lipinski definition) is 3. The average Bonchev–Trinajstić information content (AvgIpc) is 3.07. The maximum absolute atomic E-state index is 11.4. The third-order valence-electron chi connectivity index (χ3n) is 4.57. The summed E-state index contributed by atoms with van der Waals surface area (Å²) < 4.78 is 18.8. The summed E-state index contributed by atoms with van der Waals surface area (Å²) in [5.74, 6) is 1.47. The molecule has 2 aromatic heterocycles. The molecule has 7 nitrogen and oxygen atoms in total. The van der Waals surface area contributed by atoms with E-state index in [9.17, 15) is 14.4 Å². The number of nitrogen functional groups attached to an aromatic ring is 1. The number of benzene rings is 1. The van der Waals surface area contributed by atoms with Crippen LogP contribution in [0.15, 0.2) is 34.7 Å². The quantitative estimate of drug-likeness (QED) is 0.493. The Kier molecular flexibility index (Phi) is 3.53. The van der Waals surface area contributed by atoms with Crippen LogP contribution in [0.1, 0.15) is 19.3 Å². The van der Waals surface area contributed by atoms with Crippen molar-refractivity contribution in [3.05, 3.63) is 30.3 Å². The average molecular weight is 347 g/mol. The number of fused-ring (bicyclic) bond motifs is 1. The summed E-state index contributed by atoms with van der Waals surface area (Å²) in [5, 5.41) is 0. The largest absolute Gasteiger partial charge is 0.445 e. The summed E-state index contributed by atoms with van der Waals surface area (Å²) in [6.07, 6.45) is 3.58. The van der Waals surface area contributed by atoms with Gasteiger partial charge < -0.3 is 24.5 Å². The van der Waals surface area contributed by atoms with Gasteiger partial charge in [-0.2, -0.15) is 0 Å². The van der Waals surface area contributed by atoms with E-state index >= 15 is 0 Å². The summed E-state index contributed by atoms with van der Waals surface area (Å²) in [6.45, 7) is 0.793. The molecule has 0 radical (unpaired) electrons. The van der Waals surface area contributed by atoms with Gasteiger partial charge in [-0.1, -0.05) is 12.5 Å². The lowest BCUT2D eigenvalue weighted by Crippen LogP contribution is -2.18. The van der Waals surface area contributed by atoms with E-state index in [1.165, 1.54) is 25.3 Å². The van der Waals surface area contributed by atoms with Gasteiger partial charge in [0.15, 0.2) is 11.6 Å². The fraction of sp³-hybridized carbons (Fsp3) is 0.312. The summed E-state index contributed by atoms with van der Waals surface area (Å²) in [7, 11) is -4.43. The number of para-hydroxylation sites is 1. The molecule has 3 aromatic rings. The van der Waals surface area contributed by atoms with Crippen LogP contribution in [-0.2, 0) is 11.1 Å². The topological polar surface area (TPSA) is 115 Å². The maximum atomic E-state index is 11.4. The van der Waals surface area contributed by atoms with Crippen molar-refractivity contribution in [1.82, 2.24) is 9.55 Å². The molecule has 4 N–H and O–H groups in total. The highest BCUT2D eigenvalue weighted by Crippen LogP contribution is 2.37. The summed E-state index contributed by atoms with van der Waals surface area (Å²) >= 11 is 0. The first kappa shape index (κ1) is 15.4. The number of nitrogens with two attached hydrogens (primary N) is 1. The van der Waals surface area contributed by atoms with Gasteiger partial charge in [0.25, 0.3) is 0 Å². The minimum Gasteiger partial charge on any atom is -0.445 e. The molecule has 8 heteroatoms. The van der Waals surface area contributed by atoms with Crippen LogP contribution >= 0.6 is 7.60 Å². The van der Waals surface area contributed by atoms with Crippen molar-refractivity contribution in [3.63, 3.8) is 0 Å². The van der Waals surface area contributed by atoms with E-state index in [1.54, 1.807) is 12.1 Å². The molecule has 0 aliphatic heterocycles. The predicted octanol–water partition coefficient (Wildman–Crippen LogP) is 2.48. The van der Waals surface area contributed by atoms with Crippen LogP contribution in [-0.4, -0.2) is 19.3 Å². The van der Waals surface area contributed by atoms with E-state index in [1.807, 2.05) is 16.7 Å². The third-order valence-corrected chi connectivity index (χ3v) is 5.39. The van der Waals surface area contributed by atoms with Crippen molar-refractivity contribution < 1.29 is 18.8 Å². The van der Waals surface area contributed by atoms with Crippen molar-refractivity contribution in [1.29, 1.82) is 0 Å². The Morgan fingerprint density at radius 2 is 2.08 bits per heavy atom. The molecule has 0 spiro atoms. The zero-order valence-electron chi connectivity index (χ0n) is 12.9. The minimum atomic E-state index is -4.43. The van der Waals surface area contributed by atoms with Crippen molar-refractivity contribution in [2.75, 3.05) is 5.73 Å². The molecular weight excluding hydrogens is 329 g/mol. The Bertz CT molecular complexity index is 952. The second-order valence-electron chi connectivity index (χ2n) is 6.24. The first-order chi connectivity index (χ1) is 11.4. The predicted molar refractivity (Wildman–Crippen MR) is 90.9 cm³/mol. The summed E-state index contributed by atoms with van der Waals surface area (Å²) in [6, 6.07) is 8.46. The lowest BCUT2D eigenvalue weighted by Gasteiger charge is -2.26. The van der Waals surface area contributed by atoms with Crippen LogP contribution in [0.4, 0.5) is 5.69 Å². The van der Waals surface area contributed by atoms with Crippen molar-refractivity contribution >= 4 is 29.8 Å². The molecule has 0 bridgehead atoms. The van der Waals surface area contributed by atoms with Crippen LogP contribution in [0.2, 0.25) is 0 Å². The van der Waals surface area contributed by atoms with Gasteiger partial charge in [-0.3, -0.25) is 4.57 Å². The maximum Gasteiger partial charge on any atom is 0.391 e. The molecule has 1 aliphatic carbocycles. The highest BCUT2D eigenvalue weighted by atomic mass is 31.2. The molecule has 0 amide bonds. The van der Waals surface area contributed by atoms with Crippen LogP contribution in [0.5, 0.6) is 0 Å². The Hall–Kier alpha value is -2.08. The van der Waals surface area contributed by atoms with Gasteiger partial charge in [0.2, 0.25) is 5.50 Å². The van der Waals surface area contributed by atoms with Gasteiger partial charge in [0.05, 0.1) is 11.2 Å². The summed E-state index contributed by atoms with van der Waals surface area (Å²) in [4.78, 5) is 23.1. The standard InChI is InChI=1S/C16H18N3O4P/c17-11-5-2-6-12-15(11)18-16(19(12)9-10-3-1-4-10)13-7-8-14(23-13)24(20,21)22/h2,5-8,10H,1,3-4,9,17H2,(H2,20,21,22). The molecule has 0 saturated heterocycles. The molecule has 1 saturated carbocycles. The van der Waals surface area contributed by atoms with Crippen molar-refractivity contribution in [3.8, 4) is 11.6 Å². The van der Waals surface area contributed by atoms with E-state index in [0.29, 0.717) is 28.7 Å². The Morgan fingerprint density at radius 1 is 1.29 bits per heavy atom. The molecule has 0 atom stereocenters. The fourth-order valence-electron chi connectivity index (χ4n) is 3.08. The molecule has 1 aromatic carbocycles. The summed E-state index contributed by atoms with van der Waals surface area (Å²) in [5.41, 5.74) is 7.85. The zero-order valence-corrected chi connectivity index (χ0v) is 13.8. The first-order valence-electron chi connectivity index (χ1n) is 7.84. The molecule has 0 unspecified atom stereocenters. The van der Waals surface area contributed by atoms with E-state index in [0.717, 1.165) is 12.1 Å². The van der Waals surface area contributed by atoms with E-state index in [-0.39, 0.29) is 5.50 Å². The van der Waals surface area contributed by atoms with Crippen LogP contribution in [0.3, 0.4) is 0 Å². The molecular formula is C16H18N3O4P. The van der Waals surface area contributed by atoms with Crippen LogP contribution < -0.4 is 11.2 Å². The highest BCUT2D eigenvalue weighted by Gasteiger charge is 2.26. The molecule has 2 heterocycles. The van der Waals surface area contributed by atoms with E-state index < -0.39 is 7.60 Å². The normalized spacial score (nSPS) is 15.8. The number of aromatic nitrogens is 2. The molecule has 4 rings (SSSR count). The SMILES string of the molecule is Nc1cccc2c1nc(-c1ccc(P(=O)(O)O)o1)n2CC1CCC1. The second-order valence-corrected chi connectivity index (χ2v) is 7.77. The number of hydrogen-bond acceptors (Lipinski definition) is 4. The van der Waals surface area contributed by atoms with E-state index in [2.05, 4.69) is 4.98 Å². The number of furan rings is 1. The second kappa shape index (κ2) is 5.48. The van der Waals surface area contributed by atoms with E-state index in [4.69, 9.17) is 10.2 Å². The van der Waals surface area contributed by atoms with Crippen LogP contribution in [0, 0.1) is 5.92 Å². The zero-order chi connectivity index (χ0) is 16.9.